The maximum atomic E-state index is 12.3. The van der Waals surface area contributed by atoms with Gasteiger partial charge in [0.1, 0.15) is 26.2 Å². The van der Waals surface area contributed by atoms with Crippen LogP contribution < -0.4 is 0 Å². The first-order valence-corrected chi connectivity index (χ1v) is 3.86. The number of halogens is 2. The number of rotatable bonds is 0. The van der Waals surface area contributed by atoms with Gasteiger partial charge in [-0.2, -0.15) is 0 Å². The molecule has 90 valence electrons. The van der Waals surface area contributed by atoms with Crippen molar-refractivity contribution in [1.29, 1.82) is 0 Å². The maximum Gasteiger partial charge on any atom is 0.124 e. The SMILES string of the molecule is C=O.C=O.C=O.Cc1ccc(F)cc1Cl.[Cr]. The number of hydrogen-bond donors (Lipinski definition) is 0. The number of carbonyl (C=O) groups excluding carboxylic acids is 3. The van der Waals surface area contributed by atoms with Gasteiger partial charge >= 0.3 is 0 Å². The number of aryl methyl sites for hydroxylation is 1. The van der Waals surface area contributed by atoms with Crippen molar-refractivity contribution in [1.82, 2.24) is 0 Å². The summed E-state index contributed by atoms with van der Waals surface area (Å²) < 4.78 is 12.3. The van der Waals surface area contributed by atoms with Gasteiger partial charge in [0, 0.05) is 22.4 Å². The van der Waals surface area contributed by atoms with Crippen LogP contribution in [0.5, 0.6) is 0 Å². The van der Waals surface area contributed by atoms with Gasteiger partial charge in [0.2, 0.25) is 0 Å². The van der Waals surface area contributed by atoms with E-state index in [1.54, 1.807) is 6.07 Å². The molecule has 0 N–H and O–H groups in total. The summed E-state index contributed by atoms with van der Waals surface area (Å²) in [6, 6.07) is 4.34. The summed E-state index contributed by atoms with van der Waals surface area (Å²) in [5.41, 5.74) is 0.901. The quantitative estimate of drug-likeness (QED) is 0.735. The van der Waals surface area contributed by atoms with Gasteiger partial charge in [-0.15, -0.1) is 0 Å². The van der Waals surface area contributed by atoms with E-state index in [1.165, 1.54) is 12.1 Å². The molecule has 0 aromatic heterocycles. The zero-order valence-corrected chi connectivity index (χ0v) is 10.8. The summed E-state index contributed by atoms with van der Waals surface area (Å²) in [6.07, 6.45) is 0. The molecule has 3 nitrogen and oxygen atoms in total. The first-order chi connectivity index (χ1) is 7.20. The van der Waals surface area contributed by atoms with Crippen LogP contribution in [0.2, 0.25) is 5.02 Å². The summed E-state index contributed by atoms with van der Waals surface area (Å²) in [5.74, 6) is -0.286. The van der Waals surface area contributed by atoms with Crippen molar-refractivity contribution in [2.45, 2.75) is 6.92 Å². The third kappa shape index (κ3) is 13.0. The Morgan fingerprint density at radius 1 is 1.06 bits per heavy atom. The summed E-state index contributed by atoms with van der Waals surface area (Å²) in [5, 5.41) is 0.481. The second kappa shape index (κ2) is 19.5. The molecule has 0 saturated heterocycles. The van der Waals surface area contributed by atoms with Crippen molar-refractivity contribution in [2.75, 3.05) is 0 Å². The number of carbonyl (C=O) groups is 3. The van der Waals surface area contributed by atoms with Crippen molar-refractivity contribution in [3.05, 3.63) is 34.6 Å². The smallest absolute Gasteiger partial charge is 0.124 e. The average Bonchev–Trinajstić information content (AvgIpc) is 2.32. The molecule has 0 atom stereocenters. The van der Waals surface area contributed by atoms with Crippen LogP contribution in [0.4, 0.5) is 4.39 Å². The van der Waals surface area contributed by atoms with Crippen LogP contribution in [0.15, 0.2) is 18.2 Å². The Morgan fingerprint density at radius 3 is 1.69 bits per heavy atom. The van der Waals surface area contributed by atoms with Gasteiger partial charge in [0.25, 0.3) is 0 Å². The normalized spacial score (nSPS) is 6.19. The molecule has 0 amide bonds. The fourth-order valence-corrected chi connectivity index (χ4v) is 0.734. The minimum atomic E-state index is -0.286. The molecule has 0 heterocycles. The molecule has 6 heteroatoms. The zero-order valence-electron chi connectivity index (χ0n) is 8.74. The Balaban J connectivity index is -0.0000000900. The minimum absolute atomic E-state index is 0. The first-order valence-electron chi connectivity index (χ1n) is 3.48. The fourth-order valence-electron chi connectivity index (χ4n) is 0.567. The fraction of sp³-hybridized carbons (Fsp3) is 0.100. The molecular formula is C10H12ClCrFO3. The number of benzene rings is 1. The molecule has 1 aromatic rings. The van der Waals surface area contributed by atoms with Crippen LogP contribution in [-0.2, 0) is 31.7 Å². The molecule has 16 heavy (non-hydrogen) atoms. The Morgan fingerprint density at radius 2 is 1.44 bits per heavy atom. The molecule has 0 aliphatic carbocycles. The van der Waals surface area contributed by atoms with Crippen LogP contribution in [0, 0.1) is 12.7 Å². The van der Waals surface area contributed by atoms with Crippen LogP contribution in [0.3, 0.4) is 0 Å². The van der Waals surface area contributed by atoms with E-state index >= 15 is 0 Å². The van der Waals surface area contributed by atoms with E-state index in [4.69, 9.17) is 26.0 Å². The number of hydrogen-bond acceptors (Lipinski definition) is 3. The van der Waals surface area contributed by atoms with Crippen molar-refractivity contribution in [2.24, 2.45) is 0 Å². The molecule has 1 aromatic carbocycles. The molecule has 0 aliphatic rings. The van der Waals surface area contributed by atoms with Crippen LogP contribution >= 0.6 is 11.6 Å². The van der Waals surface area contributed by atoms with E-state index in [9.17, 15) is 4.39 Å². The predicted molar refractivity (Wildman–Crippen MR) is 57.5 cm³/mol. The second-order valence-electron chi connectivity index (χ2n) is 1.89. The summed E-state index contributed by atoms with van der Waals surface area (Å²) >= 11 is 5.57. The molecule has 0 unspecified atom stereocenters. The van der Waals surface area contributed by atoms with Gasteiger partial charge in [-0.25, -0.2) is 4.39 Å². The van der Waals surface area contributed by atoms with Gasteiger partial charge in [-0.3, -0.25) is 0 Å². The van der Waals surface area contributed by atoms with E-state index in [0.29, 0.717) is 5.02 Å². The van der Waals surface area contributed by atoms with E-state index in [0.717, 1.165) is 5.56 Å². The minimum Gasteiger partial charge on any atom is -0.307 e. The third-order valence-electron chi connectivity index (χ3n) is 1.13. The van der Waals surface area contributed by atoms with E-state index in [-0.39, 0.29) is 23.2 Å². The molecule has 0 fully saturated rings. The van der Waals surface area contributed by atoms with Crippen molar-refractivity contribution in [3.8, 4) is 0 Å². The van der Waals surface area contributed by atoms with Gasteiger partial charge in [-0.05, 0) is 24.6 Å². The average molecular weight is 287 g/mol. The molecule has 0 saturated carbocycles. The molecule has 0 aliphatic heterocycles. The molecule has 0 radical (unpaired) electrons. The van der Waals surface area contributed by atoms with Gasteiger partial charge < -0.3 is 14.4 Å². The molecule has 0 bridgehead atoms. The molecular weight excluding hydrogens is 275 g/mol. The van der Waals surface area contributed by atoms with E-state index < -0.39 is 0 Å². The van der Waals surface area contributed by atoms with Gasteiger partial charge in [-0.1, -0.05) is 17.7 Å². The summed E-state index contributed by atoms with van der Waals surface area (Å²) in [6.45, 7) is 7.84. The van der Waals surface area contributed by atoms with Gasteiger partial charge in [0.05, 0.1) is 0 Å². The zero-order chi connectivity index (χ0) is 12.9. The predicted octanol–water partition coefficient (Wildman–Crippen LogP) is 2.23. The van der Waals surface area contributed by atoms with Crippen LogP contribution in [0.25, 0.3) is 0 Å². The van der Waals surface area contributed by atoms with Crippen molar-refractivity contribution < 1.29 is 36.1 Å². The monoisotopic (exact) mass is 286 g/mol. The standard InChI is InChI=1S/C7H6ClF.3CH2O.Cr/c1-5-2-3-6(9)4-7(5)8;3*1-2;/h2-4H,1H3;3*1H2;. The second-order valence-corrected chi connectivity index (χ2v) is 2.30. The van der Waals surface area contributed by atoms with Crippen LogP contribution in [-0.4, -0.2) is 20.4 Å². The Labute approximate surface area is 110 Å². The van der Waals surface area contributed by atoms with E-state index in [1.807, 2.05) is 27.3 Å². The summed E-state index contributed by atoms with van der Waals surface area (Å²) in [4.78, 5) is 24.0. The summed E-state index contributed by atoms with van der Waals surface area (Å²) in [7, 11) is 0. The van der Waals surface area contributed by atoms with E-state index in [2.05, 4.69) is 0 Å². The molecule has 0 spiro atoms. The maximum absolute atomic E-state index is 12.3. The van der Waals surface area contributed by atoms with Gasteiger partial charge in [0.15, 0.2) is 0 Å². The van der Waals surface area contributed by atoms with Crippen molar-refractivity contribution in [3.63, 3.8) is 0 Å². The third-order valence-corrected chi connectivity index (χ3v) is 1.54. The first kappa shape index (κ1) is 24.3. The Hall–Kier alpha value is -1.02. The van der Waals surface area contributed by atoms with Crippen LogP contribution in [0.1, 0.15) is 5.56 Å². The largest absolute Gasteiger partial charge is 0.307 e. The molecule has 1 rings (SSSR count). The topological polar surface area (TPSA) is 51.2 Å². The van der Waals surface area contributed by atoms with Crippen molar-refractivity contribution >= 4 is 32.0 Å². The Bertz CT molecular complexity index is 269. The Kier molecular flexibility index (Phi) is 29.7.